The van der Waals surface area contributed by atoms with E-state index in [4.69, 9.17) is 4.74 Å². The minimum atomic E-state index is -0.246. The fraction of sp³-hybridized carbons (Fsp3) is 0.433. The third kappa shape index (κ3) is 7.28. The molecule has 35 heavy (non-hydrogen) atoms. The number of nitrogens with zero attached hydrogens (tertiary/aromatic N) is 1. The Balaban J connectivity index is 1.31. The number of carbonyl (C=O) groups excluding carboxylic acids is 1. The van der Waals surface area contributed by atoms with Crippen LogP contribution in [0.5, 0.6) is 5.75 Å². The number of ether oxygens (including phenoxy) is 1. The van der Waals surface area contributed by atoms with Gasteiger partial charge < -0.3 is 15.0 Å². The van der Waals surface area contributed by atoms with Gasteiger partial charge in [0.1, 0.15) is 17.7 Å². The minimum absolute atomic E-state index is 0.00406. The Hall–Kier alpha value is -2.92. The number of piperidine rings is 1. The van der Waals surface area contributed by atoms with Crippen LogP contribution in [0.25, 0.3) is 0 Å². The summed E-state index contributed by atoms with van der Waals surface area (Å²) in [5.74, 6) is 1.01. The average molecular weight is 477 g/mol. The molecule has 1 N–H and O–H groups in total. The summed E-state index contributed by atoms with van der Waals surface area (Å²) in [5.41, 5.74) is 3.51. The van der Waals surface area contributed by atoms with Crippen LogP contribution in [-0.4, -0.2) is 36.5 Å². The largest absolute Gasteiger partial charge is 0.486 e. The number of halogens is 1. The molecule has 1 aliphatic heterocycles. The summed E-state index contributed by atoms with van der Waals surface area (Å²) in [5, 5.41) is 3.02. The third-order valence-electron chi connectivity index (χ3n) is 7.00. The Morgan fingerprint density at radius 3 is 2.60 bits per heavy atom. The topological polar surface area (TPSA) is 41.6 Å². The molecular formula is C30H37FN2O2. The van der Waals surface area contributed by atoms with E-state index in [9.17, 15) is 9.18 Å². The lowest BCUT2D eigenvalue weighted by molar-refractivity contribution is -0.118. The second-order valence-corrected chi connectivity index (χ2v) is 9.94. The van der Waals surface area contributed by atoms with Gasteiger partial charge in [0.2, 0.25) is 5.91 Å². The van der Waals surface area contributed by atoms with Crippen LogP contribution in [0.3, 0.4) is 0 Å². The Morgan fingerprint density at radius 2 is 1.91 bits per heavy atom. The first-order valence-electron chi connectivity index (χ1n) is 12.9. The number of allylic oxidation sites excluding steroid dienone is 3. The van der Waals surface area contributed by atoms with Crippen LogP contribution in [0, 0.1) is 11.7 Å². The summed E-state index contributed by atoms with van der Waals surface area (Å²) in [6.07, 6.45) is 11.7. The molecule has 0 unspecified atom stereocenters. The van der Waals surface area contributed by atoms with E-state index in [0.29, 0.717) is 5.92 Å². The Kier molecular flexibility index (Phi) is 8.75. The van der Waals surface area contributed by atoms with Crippen molar-refractivity contribution < 1.29 is 13.9 Å². The Morgan fingerprint density at radius 1 is 1.14 bits per heavy atom. The number of hydrogen-bond donors (Lipinski definition) is 1. The van der Waals surface area contributed by atoms with Crippen molar-refractivity contribution in [3.63, 3.8) is 0 Å². The number of rotatable bonds is 9. The zero-order valence-corrected chi connectivity index (χ0v) is 20.9. The van der Waals surface area contributed by atoms with Gasteiger partial charge in [0.05, 0.1) is 0 Å². The van der Waals surface area contributed by atoms with Gasteiger partial charge in [-0.3, -0.25) is 4.79 Å². The van der Waals surface area contributed by atoms with E-state index in [1.807, 2.05) is 26.0 Å². The van der Waals surface area contributed by atoms with E-state index in [1.165, 1.54) is 23.3 Å². The molecule has 2 aromatic rings. The summed E-state index contributed by atoms with van der Waals surface area (Å²) in [7, 11) is 0. The van der Waals surface area contributed by atoms with Crippen LogP contribution in [-0.2, 0) is 4.79 Å². The smallest absolute Gasteiger partial charge is 0.226 e. The predicted octanol–water partition coefficient (Wildman–Crippen LogP) is 6.71. The van der Waals surface area contributed by atoms with Crippen LogP contribution in [0.1, 0.15) is 57.4 Å². The molecule has 4 rings (SSSR count). The van der Waals surface area contributed by atoms with Crippen molar-refractivity contribution in [1.82, 2.24) is 4.90 Å². The summed E-state index contributed by atoms with van der Waals surface area (Å²) in [6.45, 7) is 6.90. The molecule has 186 valence electrons. The second kappa shape index (κ2) is 12.2. The summed E-state index contributed by atoms with van der Waals surface area (Å²) >= 11 is 0. The highest BCUT2D eigenvalue weighted by Crippen LogP contribution is 2.30. The summed E-state index contributed by atoms with van der Waals surface area (Å²) in [4.78, 5) is 14.6. The van der Waals surface area contributed by atoms with Gasteiger partial charge in [-0.2, -0.15) is 0 Å². The fourth-order valence-corrected chi connectivity index (χ4v) is 4.83. The van der Waals surface area contributed by atoms with E-state index in [2.05, 4.69) is 40.6 Å². The van der Waals surface area contributed by atoms with Gasteiger partial charge in [0, 0.05) is 24.6 Å². The summed E-state index contributed by atoms with van der Waals surface area (Å²) in [6, 6.07) is 14.7. The van der Waals surface area contributed by atoms with Crippen LogP contribution in [0.4, 0.5) is 10.1 Å². The molecule has 0 saturated carbocycles. The molecule has 1 atom stereocenters. The van der Waals surface area contributed by atoms with E-state index in [0.717, 1.165) is 63.2 Å². The standard InChI is InChI=1S/C30H37FN2O2/c1-22(2)30(34)32-27-10-6-9-25(21-27)23-15-18-33(19-16-23)20-17-29(24-7-4-3-5-8-24)35-28-13-11-26(31)12-14-28/h3-4,6-7,9-14,21-23,29H,5,8,15-20H2,1-2H3,(H,32,34)/t29-/m0/s1. The van der Waals surface area contributed by atoms with Crippen LogP contribution < -0.4 is 10.1 Å². The number of anilines is 1. The molecule has 1 aliphatic carbocycles. The van der Waals surface area contributed by atoms with Crippen molar-refractivity contribution in [2.45, 2.75) is 58.0 Å². The molecule has 1 amide bonds. The maximum Gasteiger partial charge on any atom is 0.226 e. The monoisotopic (exact) mass is 476 g/mol. The molecule has 1 saturated heterocycles. The molecule has 0 spiro atoms. The molecule has 0 radical (unpaired) electrons. The molecule has 1 fully saturated rings. The molecule has 5 heteroatoms. The molecule has 4 nitrogen and oxygen atoms in total. The van der Waals surface area contributed by atoms with Crippen molar-refractivity contribution in [2.75, 3.05) is 25.0 Å². The highest BCUT2D eigenvalue weighted by molar-refractivity contribution is 5.92. The van der Waals surface area contributed by atoms with Gasteiger partial charge >= 0.3 is 0 Å². The second-order valence-electron chi connectivity index (χ2n) is 9.94. The Labute approximate surface area is 208 Å². The first-order chi connectivity index (χ1) is 17.0. The lowest BCUT2D eigenvalue weighted by Gasteiger charge is -2.33. The molecular weight excluding hydrogens is 439 g/mol. The van der Waals surface area contributed by atoms with Gasteiger partial charge in [-0.15, -0.1) is 0 Å². The number of hydrogen-bond acceptors (Lipinski definition) is 3. The lowest BCUT2D eigenvalue weighted by Crippen LogP contribution is -2.36. The van der Waals surface area contributed by atoms with Crippen molar-refractivity contribution in [3.8, 4) is 5.75 Å². The van der Waals surface area contributed by atoms with E-state index >= 15 is 0 Å². The maximum absolute atomic E-state index is 13.3. The molecule has 0 aromatic heterocycles. The van der Waals surface area contributed by atoms with Gasteiger partial charge in [0.25, 0.3) is 0 Å². The Bertz CT molecular complexity index is 1040. The molecule has 0 bridgehead atoms. The average Bonchev–Trinajstić information content (AvgIpc) is 2.88. The van der Waals surface area contributed by atoms with Crippen LogP contribution in [0.2, 0.25) is 0 Å². The van der Waals surface area contributed by atoms with E-state index in [-0.39, 0.29) is 23.7 Å². The maximum atomic E-state index is 13.3. The zero-order valence-electron chi connectivity index (χ0n) is 20.9. The highest BCUT2D eigenvalue weighted by Gasteiger charge is 2.23. The van der Waals surface area contributed by atoms with Gasteiger partial charge in [0.15, 0.2) is 0 Å². The number of benzene rings is 2. The normalized spacial score (nSPS) is 17.8. The quantitative estimate of drug-likeness (QED) is 0.437. The van der Waals surface area contributed by atoms with Gasteiger partial charge in [-0.1, -0.05) is 44.2 Å². The van der Waals surface area contributed by atoms with E-state index < -0.39 is 0 Å². The molecule has 1 heterocycles. The van der Waals surface area contributed by atoms with Gasteiger partial charge in [-0.05, 0) is 92.2 Å². The lowest BCUT2D eigenvalue weighted by atomic mass is 9.89. The highest BCUT2D eigenvalue weighted by atomic mass is 19.1. The van der Waals surface area contributed by atoms with Crippen molar-refractivity contribution in [1.29, 1.82) is 0 Å². The minimum Gasteiger partial charge on any atom is -0.486 e. The predicted molar refractivity (Wildman–Crippen MR) is 140 cm³/mol. The van der Waals surface area contributed by atoms with Gasteiger partial charge in [-0.25, -0.2) is 4.39 Å². The van der Waals surface area contributed by atoms with E-state index in [1.54, 1.807) is 12.1 Å². The number of likely N-dealkylation sites (tertiary alicyclic amines) is 1. The zero-order chi connectivity index (χ0) is 24.6. The van der Waals surface area contributed by atoms with Crippen LogP contribution in [0.15, 0.2) is 72.3 Å². The first-order valence-corrected chi connectivity index (χ1v) is 12.9. The number of nitrogens with one attached hydrogen (secondary N) is 1. The van der Waals surface area contributed by atoms with Crippen molar-refractivity contribution in [3.05, 3.63) is 83.7 Å². The number of carbonyl (C=O) groups is 1. The SMILES string of the molecule is CC(C)C(=O)Nc1cccc(C2CCN(CC[C@H](Oc3ccc(F)cc3)C3=CC=CCC3)CC2)c1. The van der Waals surface area contributed by atoms with Crippen LogP contribution >= 0.6 is 0 Å². The molecule has 2 aromatic carbocycles. The number of amides is 1. The first kappa shape index (κ1) is 25.2. The molecule has 2 aliphatic rings. The fourth-order valence-electron chi connectivity index (χ4n) is 4.83. The van der Waals surface area contributed by atoms with Crippen molar-refractivity contribution >= 4 is 11.6 Å². The van der Waals surface area contributed by atoms with Crippen molar-refractivity contribution in [2.24, 2.45) is 5.92 Å². The third-order valence-corrected chi connectivity index (χ3v) is 7.00. The summed E-state index contributed by atoms with van der Waals surface area (Å²) < 4.78 is 19.7.